The molecule has 1 aromatic carbocycles. The fraction of sp³-hybridized carbons (Fsp3) is 0.500. The molecule has 1 aromatic rings. The molecule has 1 rings (SSSR count). The molecule has 0 aliphatic rings. The third-order valence-corrected chi connectivity index (χ3v) is 2.53. The van der Waals surface area contributed by atoms with Gasteiger partial charge in [-0.3, -0.25) is 0 Å². The van der Waals surface area contributed by atoms with E-state index in [0.29, 0.717) is 12.0 Å². The lowest BCUT2D eigenvalue weighted by Crippen LogP contribution is -2.34. The van der Waals surface area contributed by atoms with Crippen LogP contribution in [0.4, 0.5) is 13.2 Å². The summed E-state index contributed by atoms with van der Waals surface area (Å²) in [4.78, 5) is 0. The molecule has 0 aliphatic heterocycles. The maximum atomic E-state index is 12.1. The number of benzene rings is 1. The summed E-state index contributed by atoms with van der Waals surface area (Å²) in [5.74, 6) is 0.273. The lowest BCUT2D eigenvalue weighted by molar-refractivity contribution is -0.210. The van der Waals surface area contributed by atoms with Gasteiger partial charge >= 0.3 is 6.18 Å². The van der Waals surface area contributed by atoms with E-state index in [1.807, 2.05) is 6.92 Å². The van der Waals surface area contributed by atoms with Gasteiger partial charge in [-0.1, -0.05) is 25.1 Å². The molecule has 0 fully saturated rings. The summed E-state index contributed by atoms with van der Waals surface area (Å²) in [6.45, 7) is 1.03. The molecule has 18 heavy (non-hydrogen) atoms. The topological polar surface area (TPSA) is 55.5 Å². The fourth-order valence-corrected chi connectivity index (χ4v) is 1.40. The number of aliphatic hydroxyl groups excluding tert-OH is 1. The fourth-order valence-electron chi connectivity index (χ4n) is 1.40. The molecular weight excluding hydrogens is 247 g/mol. The van der Waals surface area contributed by atoms with Crippen LogP contribution in [-0.2, 0) is 0 Å². The van der Waals surface area contributed by atoms with E-state index in [0.717, 1.165) is 0 Å². The molecule has 6 heteroatoms. The first-order valence-corrected chi connectivity index (χ1v) is 5.58. The molecule has 0 aliphatic carbocycles. The maximum absolute atomic E-state index is 12.1. The quantitative estimate of drug-likeness (QED) is 0.857. The highest BCUT2D eigenvalue weighted by atomic mass is 19.4. The molecule has 0 saturated heterocycles. The van der Waals surface area contributed by atoms with E-state index in [2.05, 4.69) is 0 Å². The van der Waals surface area contributed by atoms with Gasteiger partial charge in [-0.05, 0) is 12.5 Å². The first-order valence-electron chi connectivity index (χ1n) is 5.58. The predicted octanol–water partition coefficient (Wildman–Crippen LogP) is 2.40. The molecule has 1 unspecified atom stereocenters. The van der Waals surface area contributed by atoms with Gasteiger partial charge in [0.15, 0.2) is 6.10 Å². The predicted molar refractivity (Wildman–Crippen MR) is 61.2 cm³/mol. The summed E-state index contributed by atoms with van der Waals surface area (Å²) in [5.41, 5.74) is 6.46. The largest absolute Gasteiger partial charge is 0.490 e. The van der Waals surface area contributed by atoms with E-state index < -0.39 is 18.9 Å². The summed E-state index contributed by atoms with van der Waals surface area (Å²) in [5, 5.41) is 8.85. The van der Waals surface area contributed by atoms with Gasteiger partial charge in [0, 0.05) is 11.6 Å². The van der Waals surface area contributed by atoms with Crippen molar-refractivity contribution < 1.29 is 23.0 Å². The first-order chi connectivity index (χ1) is 8.36. The van der Waals surface area contributed by atoms with E-state index in [1.54, 1.807) is 18.2 Å². The Hall–Kier alpha value is -1.27. The number of halogens is 3. The van der Waals surface area contributed by atoms with Crippen LogP contribution in [0.1, 0.15) is 24.9 Å². The Labute approximate surface area is 103 Å². The van der Waals surface area contributed by atoms with Gasteiger partial charge in [0.2, 0.25) is 0 Å². The van der Waals surface area contributed by atoms with Crippen molar-refractivity contribution in [3.8, 4) is 5.75 Å². The van der Waals surface area contributed by atoms with Crippen LogP contribution in [0.3, 0.4) is 0 Å². The van der Waals surface area contributed by atoms with Crippen molar-refractivity contribution in [1.29, 1.82) is 0 Å². The van der Waals surface area contributed by atoms with Crippen LogP contribution in [0, 0.1) is 0 Å². The van der Waals surface area contributed by atoms with Crippen LogP contribution in [-0.4, -0.2) is 24.0 Å². The second-order valence-electron chi connectivity index (χ2n) is 3.92. The summed E-state index contributed by atoms with van der Waals surface area (Å²) < 4.78 is 41.4. The minimum absolute atomic E-state index is 0.273. The minimum Gasteiger partial charge on any atom is -0.490 e. The standard InChI is InChI=1S/C12H16F3NO2/c1-2-9(16)8-5-3-4-6-10(8)18-7-11(17)12(13,14)15/h3-6,9,11,17H,2,7,16H2,1H3/t9-,11?/m1/s1. The smallest absolute Gasteiger partial charge is 0.417 e. The Morgan fingerprint density at radius 2 is 1.94 bits per heavy atom. The molecule has 0 spiro atoms. The number of nitrogens with two attached hydrogens (primary N) is 1. The highest BCUT2D eigenvalue weighted by molar-refractivity contribution is 5.35. The van der Waals surface area contributed by atoms with Crippen LogP contribution >= 0.6 is 0 Å². The van der Waals surface area contributed by atoms with Gasteiger partial charge in [0.1, 0.15) is 12.4 Å². The monoisotopic (exact) mass is 263 g/mol. The summed E-state index contributed by atoms with van der Waals surface area (Å²) in [6.07, 6.45) is -6.53. The average molecular weight is 263 g/mol. The first kappa shape index (κ1) is 14.8. The second-order valence-corrected chi connectivity index (χ2v) is 3.92. The normalized spacial score (nSPS) is 15.2. The lowest BCUT2D eigenvalue weighted by atomic mass is 10.0. The van der Waals surface area contributed by atoms with Gasteiger partial charge in [-0.2, -0.15) is 13.2 Å². The summed E-state index contributed by atoms with van der Waals surface area (Å²) >= 11 is 0. The van der Waals surface area contributed by atoms with Crippen LogP contribution in [0.2, 0.25) is 0 Å². The number of para-hydroxylation sites is 1. The summed E-state index contributed by atoms with van der Waals surface area (Å²) in [6, 6.07) is 6.31. The molecule has 0 aromatic heterocycles. The number of rotatable bonds is 5. The third kappa shape index (κ3) is 3.89. The van der Waals surface area contributed by atoms with Gasteiger partial charge in [-0.15, -0.1) is 0 Å². The van der Waals surface area contributed by atoms with Gasteiger partial charge in [0.05, 0.1) is 0 Å². The molecule has 3 nitrogen and oxygen atoms in total. The van der Waals surface area contributed by atoms with Crippen molar-refractivity contribution >= 4 is 0 Å². The summed E-state index contributed by atoms with van der Waals surface area (Å²) in [7, 11) is 0. The third-order valence-electron chi connectivity index (χ3n) is 2.53. The Kier molecular flexibility index (Phi) is 4.98. The van der Waals surface area contributed by atoms with Crippen molar-refractivity contribution in [2.24, 2.45) is 5.73 Å². The number of hydrogen-bond acceptors (Lipinski definition) is 3. The molecule has 0 radical (unpaired) electrons. The Bertz CT molecular complexity index is 382. The number of alkyl halides is 3. The van der Waals surface area contributed by atoms with E-state index in [9.17, 15) is 13.2 Å². The molecule has 102 valence electrons. The molecule has 2 atom stereocenters. The molecule has 0 bridgehead atoms. The Morgan fingerprint density at radius 1 is 1.33 bits per heavy atom. The number of aliphatic hydroxyl groups is 1. The molecular formula is C12H16F3NO2. The SMILES string of the molecule is CC[C@@H](N)c1ccccc1OCC(O)C(F)(F)F. The van der Waals surface area contributed by atoms with Gasteiger partial charge in [-0.25, -0.2) is 0 Å². The molecule has 0 saturated carbocycles. The van der Waals surface area contributed by atoms with Gasteiger partial charge in [0.25, 0.3) is 0 Å². The van der Waals surface area contributed by atoms with Crippen LogP contribution in [0.25, 0.3) is 0 Å². The number of hydrogen-bond donors (Lipinski definition) is 2. The zero-order valence-electron chi connectivity index (χ0n) is 9.95. The van der Waals surface area contributed by atoms with Gasteiger partial charge < -0.3 is 15.6 Å². The van der Waals surface area contributed by atoms with Crippen LogP contribution in [0.15, 0.2) is 24.3 Å². The van der Waals surface area contributed by atoms with Crippen LogP contribution < -0.4 is 10.5 Å². The highest BCUT2D eigenvalue weighted by Crippen LogP contribution is 2.27. The van der Waals surface area contributed by atoms with Crippen molar-refractivity contribution in [2.45, 2.75) is 31.7 Å². The lowest BCUT2D eigenvalue weighted by Gasteiger charge is -2.18. The Morgan fingerprint density at radius 3 is 2.50 bits per heavy atom. The van der Waals surface area contributed by atoms with E-state index in [1.165, 1.54) is 6.07 Å². The Balaban J connectivity index is 2.73. The van der Waals surface area contributed by atoms with Crippen molar-refractivity contribution in [3.05, 3.63) is 29.8 Å². The van der Waals surface area contributed by atoms with E-state index in [-0.39, 0.29) is 11.8 Å². The van der Waals surface area contributed by atoms with E-state index in [4.69, 9.17) is 15.6 Å². The van der Waals surface area contributed by atoms with Crippen molar-refractivity contribution in [3.63, 3.8) is 0 Å². The minimum atomic E-state index is -4.68. The van der Waals surface area contributed by atoms with Crippen molar-refractivity contribution in [1.82, 2.24) is 0 Å². The molecule has 0 amide bonds. The molecule has 0 heterocycles. The van der Waals surface area contributed by atoms with E-state index >= 15 is 0 Å². The maximum Gasteiger partial charge on any atom is 0.417 e. The average Bonchev–Trinajstić information content (AvgIpc) is 2.34. The van der Waals surface area contributed by atoms with Crippen molar-refractivity contribution in [2.75, 3.05) is 6.61 Å². The molecule has 3 N–H and O–H groups in total. The zero-order chi connectivity index (χ0) is 13.8. The zero-order valence-corrected chi connectivity index (χ0v) is 9.95. The number of ether oxygens (including phenoxy) is 1. The second kappa shape index (κ2) is 6.06. The highest BCUT2D eigenvalue weighted by Gasteiger charge is 2.38. The van der Waals surface area contributed by atoms with Crippen LogP contribution in [0.5, 0.6) is 5.75 Å².